The zero-order valence-corrected chi connectivity index (χ0v) is 14.7. The van der Waals surface area contributed by atoms with E-state index in [0.717, 1.165) is 41.4 Å². The van der Waals surface area contributed by atoms with Crippen molar-refractivity contribution in [3.63, 3.8) is 0 Å². The van der Waals surface area contributed by atoms with Gasteiger partial charge in [-0.25, -0.2) is 4.98 Å². The molecule has 24 heavy (non-hydrogen) atoms. The van der Waals surface area contributed by atoms with Crippen molar-refractivity contribution in [1.29, 1.82) is 0 Å². The second-order valence-electron chi connectivity index (χ2n) is 5.77. The van der Waals surface area contributed by atoms with E-state index in [9.17, 15) is 0 Å². The Balaban J connectivity index is 2.08. The minimum absolute atomic E-state index is 0.0663. The van der Waals surface area contributed by atoms with Gasteiger partial charge in [-0.1, -0.05) is 32.1 Å². The van der Waals surface area contributed by atoms with Gasteiger partial charge in [0.25, 0.3) is 0 Å². The highest BCUT2D eigenvalue weighted by Crippen LogP contribution is 2.31. The van der Waals surface area contributed by atoms with Crippen molar-refractivity contribution in [2.45, 2.75) is 26.2 Å². The summed E-state index contributed by atoms with van der Waals surface area (Å²) in [5, 5.41) is 0. The van der Waals surface area contributed by atoms with Crippen molar-refractivity contribution in [2.75, 3.05) is 6.61 Å². The average Bonchev–Trinajstić information content (AvgIpc) is 2.99. The van der Waals surface area contributed by atoms with Crippen LogP contribution in [0, 0.1) is 0 Å². The first-order valence-electron chi connectivity index (χ1n) is 8.11. The predicted molar refractivity (Wildman–Crippen MR) is 102 cm³/mol. The summed E-state index contributed by atoms with van der Waals surface area (Å²) < 4.78 is 7.71. The van der Waals surface area contributed by atoms with Crippen molar-refractivity contribution in [3.05, 3.63) is 54.4 Å². The molecule has 0 bridgehead atoms. The van der Waals surface area contributed by atoms with Crippen LogP contribution in [-0.4, -0.2) is 21.0 Å². The minimum atomic E-state index is -0.0663. The highest BCUT2D eigenvalue weighted by molar-refractivity contribution is 7.80. The van der Waals surface area contributed by atoms with Gasteiger partial charge in [0.15, 0.2) is 0 Å². The van der Waals surface area contributed by atoms with Crippen LogP contribution in [0.4, 0.5) is 0 Å². The number of aromatic nitrogens is 2. The van der Waals surface area contributed by atoms with Crippen molar-refractivity contribution < 1.29 is 4.74 Å². The maximum absolute atomic E-state index is 5.91. The van der Waals surface area contributed by atoms with E-state index < -0.39 is 0 Å². The molecular weight excluding hydrogens is 318 g/mol. The third kappa shape index (κ3) is 3.12. The van der Waals surface area contributed by atoms with Gasteiger partial charge in [0, 0.05) is 17.7 Å². The second kappa shape index (κ2) is 7.01. The van der Waals surface area contributed by atoms with Crippen LogP contribution in [-0.2, 0) is 0 Å². The lowest BCUT2D eigenvalue weighted by atomic mass is 10.0. The molecule has 0 spiro atoms. The van der Waals surface area contributed by atoms with Crippen LogP contribution in [0.1, 0.15) is 31.9 Å². The summed E-state index contributed by atoms with van der Waals surface area (Å²) in [4.78, 5) is 5.25. The Morgan fingerprint density at radius 3 is 2.67 bits per heavy atom. The second-order valence-corrected chi connectivity index (χ2v) is 6.24. The first-order valence-corrected chi connectivity index (χ1v) is 8.52. The molecule has 0 aliphatic rings. The number of hydrogen-bond acceptors (Lipinski definition) is 3. The number of benzene rings is 1. The minimum Gasteiger partial charge on any atom is -0.494 e. The zero-order valence-electron chi connectivity index (χ0n) is 13.9. The van der Waals surface area contributed by atoms with Crippen LogP contribution in [0.25, 0.3) is 16.9 Å². The van der Waals surface area contributed by atoms with Crippen molar-refractivity contribution >= 4 is 22.9 Å². The molecule has 2 heterocycles. The Kier molecular flexibility index (Phi) is 4.81. The Morgan fingerprint density at radius 1 is 1.25 bits per heavy atom. The fourth-order valence-electron chi connectivity index (χ4n) is 2.70. The fourth-order valence-corrected chi connectivity index (χ4v) is 2.82. The Morgan fingerprint density at radius 2 is 2.00 bits per heavy atom. The molecule has 1 unspecified atom stereocenters. The van der Waals surface area contributed by atoms with Gasteiger partial charge in [-0.2, -0.15) is 0 Å². The van der Waals surface area contributed by atoms with Crippen molar-refractivity contribution in [2.24, 2.45) is 5.73 Å². The number of rotatable bonds is 6. The number of nitrogens with two attached hydrogens (primary N) is 1. The van der Waals surface area contributed by atoms with Crippen molar-refractivity contribution in [3.8, 4) is 17.0 Å². The first kappa shape index (κ1) is 16.5. The van der Waals surface area contributed by atoms with E-state index in [0.29, 0.717) is 4.99 Å². The summed E-state index contributed by atoms with van der Waals surface area (Å²) in [5.74, 6) is 0.803. The van der Waals surface area contributed by atoms with Crippen molar-refractivity contribution in [1.82, 2.24) is 9.38 Å². The molecular formula is C19H21N3OS. The van der Waals surface area contributed by atoms with Gasteiger partial charge in [0.1, 0.15) is 11.4 Å². The zero-order chi connectivity index (χ0) is 17.1. The molecule has 2 aromatic heterocycles. The number of pyridine rings is 1. The van der Waals surface area contributed by atoms with Gasteiger partial charge >= 0.3 is 0 Å². The van der Waals surface area contributed by atoms with E-state index in [4.69, 9.17) is 27.7 Å². The van der Waals surface area contributed by atoms with Crippen LogP contribution in [0.3, 0.4) is 0 Å². The van der Waals surface area contributed by atoms with Crippen LogP contribution in [0.15, 0.2) is 48.7 Å². The SMILES string of the molecule is CCCOc1ccc(-c2nc3ccccn3c2C(C)C(N)=S)cc1. The topological polar surface area (TPSA) is 52.5 Å². The molecule has 3 rings (SSSR count). The van der Waals surface area contributed by atoms with Crippen LogP contribution in [0.2, 0.25) is 0 Å². The molecule has 0 saturated heterocycles. The molecule has 0 aliphatic carbocycles. The van der Waals surface area contributed by atoms with E-state index in [1.807, 2.05) is 55.6 Å². The largest absolute Gasteiger partial charge is 0.494 e. The third-order valence-electron chi connectivity index (χ3n) is 4.00. The first-order chi connectivity index (χ1) is 11.6. The molecule has 3 aromatic rings. The highest BCUT2D eigenvalue weighted by atomic mass is 32.1. The van der Waals surface area contributed by atoms with Gasteiger partial charge in [-0.05, 0) is 42.8 Å². The van der Waals surface area contributed by atoms with E-state index >= 15 is 0 Å². The summed E-state index contributed by atoms with van der Waals surface area (Å²) in [6.07, 6.45) is 2.98. The Bertz CT molecular complexity index is 855. The number of nitrogens with zero attached hydrogens (tertiary/aromatic N) is 2. The number of thiocarbonyl (C=S) groups is 1. The standard InChI is InChI=1S/C19H21N3OS/c1-3-12-23-15-9-7-14(8-10-15)17-18(13(2)19(20)24)22-11-5-4-6-16(22)21-17/h4-11,13H,3,12H2,1-2H3,(H2,20,24). The molecule has 0 aliphatic heterocycles. The molecule has 0 saturated carbocycles. The van der Waals surface area contributed by atoms with Crippen LogP contribution >= 0.6 is 12.2 Å². The summed E-state index contributed by atoms with van der Waals surface area (Å²) in [6, 6.07) is 14.0. The molecule has 1 atom stereocenters. The smallest absolute Gasteiger partial charge is 0.137 e. The van der Waals surface area contributed by atoms with Gasteiger partial charge in [-0.3, -0.25) is 0 Å². The number of ether oxygens (including phenoxy) is 1. The lowest BCUT2D eigenvalue weighted by molar-refractivity contribution is 0.317. The quantitative estimate of drug-likeness (QED) is 0.685. The monoisotopic (exact) mass is 339 g/mol. The molecule has 124 valence electrons. The summed E-state index contributed by atoms with van der Waals surface area (Å²) >= 11 is 5.22. The molecule has 1 aromatic carbocycles. The van der Waals surface area contributed by atoms with Gasteiger partial charge in [-0.15, -0.1) is 0 Å². The number of hydrogen-bond donors (Lipinski definition) is 1. The van der Waals surface area contributed by atoms with Crippen LogP contribution in [0.5, 0.6) is 5.75 Å². The third-order valence-corrected chi connectivity index (χ3v) is 4.36. The number of fused-ring (bicyclic) bond motifs is 1. The maximum atomic E-state index is 5.91. The van der Waals surface area contributed by atoms with Gasteiger partial charge in [0.2, 0.25) is 0 Å². The lowest BCUT2D eigenvalue weighted by Gasteiger charge is -2.12. The molecule has 0 radical (unpaired) electrons. The summed E-state index contributed by atoms with van der Waals surface area (Å²) in [6.45, 7) is 4.83. The van der Waals surface area contributed by atoms with E-state index in [2.05, 4.69) is 11.3 Å². The Labute approximate surface area is 147 Å². The van der Waals surface area contributed by atoms with Crippen LogP contribution < -0.4 is 10.5 Å². The Hall–Kier alpha value is -2.40. The van der Waals surface area contributed by atoms with Gasteiger partial charge in [0.05, 0.1) is 23.0 Å². The molecule has 2 N–H and O–H groups in total. The maximum Gasteiger partial charge on any atom is 0.137 e. The van der Waals surface area contributed by atoms with Gasteiger partial charge < -0.3 is 14.9 Å². The predicted octanol–water partition coefficient (Wildman–Crippen LogP) is 4.18. The average molecular weight is 339 g/mol. The molecule has 5 heteroatoms. The van der Waals surface area contributed by atoms with E-state index in [1.165, 1.54) is 0 Å². The van der Waals surface area contributed by atoms with E-state index in [1.54, 1.807) is 0 Å². The molecule has 0 fully saturated rings. The fraction of sp³-hybridized carbons (Fsp3) is 0.263. The van der Waals surface area contributed by atoms with E-state index in [-0.39, 0.29) is 5.92 Å². The normalized spacial score (nSPS) is 12.2. The highest BCUT2D eigenvalue weighted by Gasteiger charge is 2.21. The summed E-state index contributed by atoms with van der Waals surface area (Å²) in [5.41, 5.74) is 9.75. The summed E-state index contributed by atoms with van der Waals surface area (Å²) in [7, 11) is 0. The lowest BCUT2D eigenvalue weighted by Crippen LogP contribution is -2.18. The molecule has 0 amide bonds. The number of imidazole rings is 1. The molecule has 4 nitrogen and oxygen atoms in total.